The molecule has 4 heteroatoms. The normalized spacial score (nSPS) is 10.2. The van der Waals surface area contributed by atoms with Crippen LogP contribution in [-0.4, -0.2) is 51.2 Å². The van der Waals surface area contributed by atoms with Gasteiger partial charge >= 0.3 is 0 Å². The van der Waals surface area contributed by atoms with Gasteiger partial charge in [-0.2, -0.15) is 0 Å². The molecule has 0 heterocycles. The van der Waals surface area contributed by atoms with Crippen LogP contribution in [0.15, 0.2) is 12.7 Å². The van der Waals surface area contributed by atoms with E-state index >= 15 is 0 Å². The third kappa shape index (κ3) is 7.76. The van der Waals surface area contributed by atoms with Crippen molar-refractivity contribution in [2.24, 2.45) is 0 Å². The van der Waals surface area contributed by atoms with E-state index in [9.17, 15) is 4.79 Å². The Morgan fingerprint density at radius 2 is 2.36 bits per heavy atom. The minimum Gasteiger partial charge on any atom is -0.385 e. The molecule has 0 rings (SSSR count). The summed E-state index contributed by atoms with van der Waals surface area (Å²) in [6, 6.07) is 0. The van der Waals surface area contributed by atoms with E-state index < -0.39 is 0 Å². The molecule has 0 fully saturated rings. The van der Waals surface area contributed by atoms with Crippen LogP contribution in [0.5, 0.6) is 0 Å². The average molecular weight is 200 g/mol. The Morgan fingerprint density at radius 3 is 2.93 bits per heavy atom. The quantitative estimate of drug-likeness (QED) is 0.451. The zero-order valence-corrected chi connectivity index (χ0v) is 9.08. The minimum atomic E-state index is 0.0467. The van der Waals surface area contributed by atoms with E-state index in [0.717, 1.165) is 13.0 Å². The summed E-state index contributed by atoms with van der Waals surface area (Å²) in [6.07, 6.45) is 2.63. The van der Waals surface area contributed by atoms with E-state index in [1.165, 1.54) is 0 Å². The average Bonchev–Trinajstić information content (AvgIpc) is 2.13. The van der Waals surface area contributed by atoms with Crippen LogP contribution in [0.4, 0.5) is 0 Å². The second kappa shape index (κ2) is 8.72. The molecule has 0 saturated carbocycles. The second-order valence-corrected chi connectivity index (χ2v) is 3.18. The SMILES string of the molecule is C=CCN(C)CC(=O)NCCCOC. The third-order valence-electron chi connectivity index (χ3n) is 1.70. The lowest BCUT2D eigenvalue weighted by Gasteiger charge is -2.13. The van der Waals surface area contributed by atoms with Crippen molar-refractivity contribution in [1.29, 1.82) is 0 Å². The summed E-state index contributed by atoms with van der Waals surface area (Å²) < 4.78 is 4.87. The van der Waals surface area contributed by atoms with Crippen LogP contribution in [-0.2, 0) is 9.53 Å². The van der Waals surface area contributed by atoms with Crippen molar-refractivity contribution < 1.29 is 9.53 Å². The molecule has 4 nitrogen and oxygen atoms in total. The molecule has 0 aromatic rings. The van der Waals surface area contributed by atoms with Crippen LogP contribution in [0.2, 0.25) is 0 Å². The van der Waals surface area contributed by atoms with Crippen molar-refractivity contribution in [2.45, 2.75) is 6.42 Å². The fourth-order valence-electron chi connectivity index (χ4n) is 1.03. The molecule has 0 spiro atoms. The van der Waals surface area contributed by atoms with Crippen LogP contribution in [0, 0.1) is 0 Å². The number of likely N-dealkylation sites (N-methyl/N-ethyl adjacent to an activating group) is 1. The van der Waals surface area contributed by atoms with E-state index in [4.69, 9.17) is 4.74 Å². The number of carbonyl (C=O) groups excluding carboxylic acids is 1. The first kappa shape index (κ1) is 13.1. The molecule has 0 radical (unpaired) electrons. The largest absolute Gasteiger partial charge is 0.385 e. The molecule has 0 aromatic carbocycles. The molecule has 82 valence electrons. The first-order valence-electron chi connectivity index (χ1n) is 4.75. The number of carbonyl (C=O) groups is 1. The number of hydrogen-bond acceptors (Lipinski definition) is 3. The molecule has 0 saturated heterocycles. The highest BCUT2D eigenvalue weighted by molar-refractivity contribution is 5.77. The van der Waals surface area contributed by atoms with Gasteiger partial charge in [0.05, 0.1) is 6.54 Å². The first-order valence-corrected chi connectivity index (χ1v) is 4.75. The van der Waals surface area contributed by atoms with Crippen molar-refractivity contribution in [2.75, 3.05) is 40.4 Å². The van der Waals surface area contributed by atoms with Gasteiger partial charge in [0, 0.05) is 26.8 Å². The molecule has 14 heavy (non-hydrogen) atoms. The Labute approximate surface area is 85.9 Å². The van der Waals surface area contributed by atoms with Gasteiger partial charge in [0.2, 0.25) is 5.91 Å². The highest BCUT2D eigenvalue weighted by Gasteiger charge is 2.03. The molecule has 1 N–H and O–H groups in total. The molecule has 0 aliphatic rings. The summed E-state index contributed by atoms with van der Waals surface area (Å²) in [5.74, 6) is 0.0467. The molecular weight excluding hydrogens is 180 g/mol. The van der Waals surface area contributed by atoms with Crippen LogP contribution in [0.1, 0.15) is 6.42 Å². The highest BCUT2D eigenvalue weighted by Crippen LogP contribution is 1.83. The Balaban J connectivity index is 3.40. The van der Waals surface area contributed by atoms with E-state index in [1.807, 2.05) is 11.9 Å². The Hall–Kier alpha value is -0.870. The summed E-state index contributed by atoms with van der Waals surface area (Å²) in [7, 11) is 3.54. The number of nitrogens with zero attached hydrogens (tertiary/aromatic N) is 1. The lowest BCUT2D eigenvalue weighted by atomic mass is 10.4. The number of methoxy groups -OCH3 is 1. The number of ether oxygens (including phenoxy) is 1. The molecule has 0 atom stereocenters. The highest BCUT2D eigenvalue weighted by atomic mass is 16.5. The summed E-state index contributed by atoms with van der Waals surface area (Å²) in [5.41, 5.74) is 0. The van der Waals surface area contributed by atoms with Gasteiger partial charge in [-0.1, -0.05) is 6.08 Å². The van der Waals surface area contributed by atoms with E-state index in [2.05, 4.69) is 11.9 Å². The van der Waals surface area contributed by atoms with Crippen molar-refractivity contribution in [3.8, 4) is 0 Å². The van der Waals surface area contributed by atoms with Gasteiger partial charge in [-0.25, -0.2) is 0 Å². The first-order chi connectivity index (χ1) is 6.70. The fraction of sp³-hybridized carbons (Fsp3) is 0.700. The van der Waals surface area contributed by atoms with Crippen LogP contribution in [0.25, 0.3) is 0 Å². The van der Waals surface area contributed by atoms with Gasteiger partial charge in [-0.15, -0.1) is 6.58 Å². The van der Waals surface area contributed by atoms with Crippen molar-refractivity contribution in [3.63, 3.8) is 0 Å². The van der Waals surface area contributed by atoms with Gasteiger partial charge in [0.15, 0.2) is 0 Å². The van der Waals surface area contributed by atoms with Crippen molar-refractivity contribution in [1.82, 2.24) is 10.2 Å². The topological polar surface area (TPSA) is 41.6 Å². The summed E-state index contributed by atoms with van der Waals surface area (Å²) >= 11 is 0. The zero-order chi connectivity index (χ0) is 10.8. The standard InChI is InChI=1S/C10H20N2O2/c1-4-7-12(2)9-10(13)11-6-5-8-14-3/h4H,1,5-9H2,2-3H3,(H,11,13). The van der Waals surface area contributed by atoms with Gasteiger partial charge in [0.1, 0.15) is 0 Å². The van der Waals surface area contributed by atoms with Crippen LogP contribution in [0.3, 0.4) is 0 Å². The van der Waals surface area contributed by atoms with Gasteiger partial charge in [0.25, 0.3) is 0 Å². The predicted molar refractivity (Wildman–Crippen MR) is 57.2 cm³/mol. The molecule has 0 unspecified atom stereocenters. The minimum absolute atomic E-state index is 0.0467. The van der Waals surface area contributed by atoms with Crippen LogP contribution < -0.4 is 5.32 Å². The number of hydrogen-bond donors (Lipinski definition) is 1. The van der Waals surface area contributed by atoms with Gasteiger partial charge in [-0.3, -0.25) is 9.69 Å². The predicted octanol–water partition coefficient (Wildman–Crippen LogP) is 0.257. The molecule has 1 amide bonds. The lowest BCUT2D eigenvalue weighted by Crippen LogP contribution is -2.35. The summed E-state index contributed by atoms with van der Waals surface area (Å²) in [5, 5.41) is 2.81. The molecule has 0 aliphatic carbocycles. The monoisotopic (exact) mass is 200 g/mol. The number of nitrogens with one attached hydrogen (secondary N) is 1. The summed E-state index contributed by atoms with van der Waals surface area (Å²) in [6.45, 7) is 6.11. The Bertz CT molecular complexity index is 172. The third-order valence-corrected chi connectivity index (χ3v) is 1.70. The van der Waals surface area contributed by atoms with Crippen molar-refractivity contribution >= 4 is 5.91 Å². The second-order valence-electron chi connectivity index (χ2n) is 3.18. The number of amides is 1. The summed E-state index contributed by atoms with van der Waals surface area (Å²) in [4.78, 5) is 13.2. The Kier molecular flexibility index (Phi) is 8.17. The maximum Gasteiger partial charge on any atom is 0.234 e. The number of rotatable bonds is 8. The molecule has 0 aliphatic heterocycles. The molecular formula is C10H20N2O2. The molecule has 0 aromatic heterocycles. The maximum atomic E-state index is 11.3. The van der Waals surface area contributed by atoms with E-state index in [1.54, 1.807) is 13.2 Å². The van der Waals surface area contributed by atoms with E-state index in [-0.39, 0.29) is 5.91 Å². The smallest absolute Gasteiger partial charge is 0.234 e. The lowest BCUT2D eigenvalue weighted by molar-refractivity contribution is -0.121. The zero-order valence-electron chi connectivity index (χ0n) is 9.08. The van der Waals surface area contributed by atoms with E-state index in [0.29, 0.717) is 19.7 Å². The maximum absolute atomic E-state index is 11.3. The Morgan fingerprint density at radius 1 is 1.64 bits per heavy atom. The van der Waals surface area contributed by atoms with Gasteiger partial charge < -0.3 is 10.1 Å². The van der Waals surface area contributed by atoms with Gasteiger partial charge in [-0.05, 0) is 13.5 Å². The van der Waals surface area contributed by atoms with Crippen molar-refractivity contribution in [3.05, 3.63) is 12.7 Å². The fourth-order valence-corrected chi connectivity index (χ4v) is 1.03. The van der Waals surface area contributed by atoms with Crippen LogP contribution >= 0.6 is 0 Å². The molecule has 0 bridgehead atoms.